The summed E-state index contributed by atoms with van der Waals surface area (Å²) in [6, 6.07) is 17.8. The minimum atomic E-state index is 0.191. The largest absolute Gasteiger partial charge is 0.371 e. The van der Waals surface area contributed by atoms with E-state index in [0.717, 1.165) is 43.7 Å². The fourth-order valence-electron chi connectivity index (χ4n) is 6.82. The number of aromatic nitrogens is 5. The molecule has 0 spiro atoms. The van der Waals surface area contributed by atoms with Gasteiger partial charge in [-0.25, -0.2) is 0 Å². The summed E-state index contributed by atoms with van der Waals surface area (Å²) in [5, 5.41) is 17.1. The van der Waals surface area contributed by atoms with Crippen LogP contribution >= 0.6 is 0 Å². The maximum absolute atomic E-state index is 6.08. The third kappa shape index (κ3) is 5.32. The average Bonchev–Trinajstić information content (AvgIpc) is 3.26. The molecule has 10 heteroatoms. The summed E-state index contributed by atoms with van der Waals surface area (Å²) in [5.41, 5.74) is 14.2. The van der Waals surface area contributed by atoms with Crippen LogP contribution < -0.4 is 16.0 Å². The van der Waals surface area contributed by atoms with E-state index in [-0.39, 0.29) is 5.95 Å². The molecular weight excluding hydrogens is 524 g/mol. The van der Waals surface area contributed by atoms with Gasteiger partial charge in [-0.05, 0) is 87.0 Å². The van der Waals surface area contributed by atoms with E-state index in [1.54, 1.807) is 4.68 Å². The summed E-state index contributed by atoms with van der Waals surface area (Å²) in [4.78, 5) is 12.2. The lowest BCUT2D eigenvalue weighted by Crippen LogP contribution is -2.52. The molecular formula is C32H40N10. The van der Waals surface area contributed by atoms with Crippen molar-refractivity contribution < 1.29 is 0 Å². The minimum Gasteiger partial charge on any atom is -0.371 e. The van der Waals surface area contributed by atoms with Crippen molar-refractivity contribution in [1.82, 2.24) is 34.8 Å². The second-order valence-electron chi connectivity index (χ2n) is 12.0. The number of nitrogens with two attached hydrogens (primary N) is 1. The van der Waals surface area contributed by atoms with Gasteiger partial charge in [0.15, 0.2) is 5.82 Å². The fraction of sp³-hybridized carbons (Fsp3) is 0.438. The lowest BCUT2D eigenvalue weighted by Gasteiger charge is -2.43. The number of benzene rings is 2. The number of hydrogen-bond donors (Lipinski definition) is 2. The number of nitrogens with zero attached hydrogens (tertiary/aromatic N) is 8. The van der Waals surface area contributed by atoms with Crippen LogP contribution in [0.2, 0.25) is 0 Å². The Kier molecular flexibility index (Phi) is 7.25. The maximum atomic E-state index is 6.08. The van der Waals surface area contributed by atoms with E-state index >= 15 is 0 Å². The summed E-state index contributed by atoms with van der Waals surface area (Å²) >= 11 is 0. The van der Waals surface area contributed by atoms with Crippen molar-refractivity contribution >= 4 is 23.3 Å². The van der Waals surface area contributed by atoms with Crippen molar-refractivity contribution in [3.8, 4) is 17.1 Å². The molecule has 3 N–H and O–H groups in total. The molecule has 4 aromatic rings. The van der Waals surface area contributed by atoms with Crippen molar-refractivity contribution in [2.45, 2.75) is 45.1 Å². The van der Waals surface area contributed by atoms with Crippen molar-refractivity contribution in [1.29, 1.82) is 0 Å². The number of likely N-dealkylation sites (N-methyl/N-ethyl adjacent to an activating group) is 1. The number of piperidine rings is 1. The molecule has 2 aromatic heterocycles. The zero-order valence-corrected chi connectivity index (χ0v) is 24.6. The highest BCUT2D eigenvalue weighted by Crippen LogP contribution is 2.32. The number of anilines is 4. The molecule has 0 saturated carbocycles. The van der Waals surface area contributed by atoms with Crippen LogP contribution in [0.3, 0.4) is 0 Å². The van der Waals surface area contributed by atoms with Crippen molar-refractivity contribution in [2.24, 2.45) is 0 Å². The molecule has 4 heterocycles. The molecule has 2 aromatic carbocycles. The lowest BCUT2D eigenvalue weighted by molar-refractivity contribution is 0.0982. The molecule has 0 radical (unpaired) electrons. The molecule has 0 atom stereocenters. The number of rotatable bonds is 5. The smallest absolute Gasteiger partial charge is 0.241 e. The molecule has 0 unspecified atom stereocenters. The van der Waals surface area contributed by atoms with Crippen molar-refractivity contribution in [3.05, 3.63) is 65.2 Å². The Labute approximate surface area is 247 Å². The van der Waals surface area contributed by atoms with E-state index in [0.29, 0.717) is 17.8 Å². The normalized spacial score (nSPS) is 18.4. The fourth-order valence-corrected chi connectivity index (χ4v) is 6.82. The first-order chi connectivity index (χ1) is 20.5. The van der Waals surface area contributed by atoms with E-state index in [1.807, 2.05) is 0 Å². The monoisotopic (exact) mass is 564 g/mol. The Bertz CT molecular complexity index is 1560. The topological polar surface area (TPSA) is 104 Å². The number of aryl methyl sites for hydroxylation is 3. The standard InChI is InChI=1S/C32H40N10/c1-22-20-25(10-11-28(22)41-14-12-26(13-15-41)40-18-16-39(2)17-19-40)34-32-35-31(33)38-42(32)29-21-24-8-5-7-23-6-3-4-9-27(23)30(24)37-36-29/h3-4,6,9-11,20-21,26H,5,7-8,12-19H2,1-2H3,(H3,33,34,35,38). The van der Waals surface area contributed by atoms with Gasteiger partial charge >= 0.3 is 0 Å². The Balaban J connectivity index is 1.07. The first-order valence-electron chi connectivity index (χ1n) is 15.2. The Morgan fingerprint density at radius 3 is 2.48 bits per heavy atom. The number of nitrogens with one attached hydrogen (secondary N) is 1. The first kappa shape index (κ1) is 26.9. The first-order valence-corrected chi connectivity index (χ1v) is 15.2. The molecule has 218 valence electrons. The SMILES string of the molecule is Cc1cc(Nc2nc(N)nn2-c2cc3c(nn2)-c2ccccc2CCC3)ccc1N1CCC(N2CCN(C)CC2)CC1. The molecule has 3 aliphatic rings. The predicted octanol–water partition coefficient (Wildman–Crippen LogP) is 4.06. The number of fused-ring (bicyclic) bond motifs is 3. The molecule has 0 bridgehead atoms. The van der Waals surface area contributed by atoms with Gasteiger partial charge in [-0.15, -0.1) is 15.3 Å². The molecule has 7 rings (SSSR count). The van der Waals surface area contributed by atoms with E-state index in [2.05, 4.69) is 103 Å². The van der Waals surface area contributed by atoms with Crippen LogP contribution in [0, 0.1) is 6.92 Å². The Hall–Kier alpha value is -4.02. The molecule has 0 amide bonds. The van der Waals surface area contributed by atoms with E-state index in [1.165, 1.54) is 67.0 Å². The third-order valence-electron chi connectivity index (χ3n) is 9.18. The zero-order valence-electron chi connectivity index (χ0n) is 24.6. The van der Waals surface area contributed by atoms with Gasteiger partial charge in [0.05, 0.1) is 5.69 Å². The molecule has 2 aliphatic heterocycles. The molecule has 10 nitrogen and oxygen atoms in total. The highest BCUT2D eigenvalue weighted by Gasteiger charge is 2.27. The van der Waals surface area contributed by atoms with Gasteiger partial charge < -0.3 is 20.9 Å². The Morgan fingerprint density at radius 2 is 1.67 bits per heavy atom. The minimum absolute atomic E-state index is 0.191. The van der Waals surface area contributed by atoms with Gasteiger partial charge in [-0.1, -0.05) is 24.3 Å². The summed E-state index contributed by atoms with van der Waals surface area (Å²) < 4.78 is 1.66. The number of nitrogen functional groups attached to an aromatic ring is 1. The second-order valence-corrected chi connectivity index (χ2v) is 12.0. The maximum Gasteiger partial charge on any atom is 0.241 e. The number of piperazine rings is 1. The van der Waals surface area contributed by atoms with Crippen LogP contribution in [0.25, 0.3) is 17.1 Å². The summed E-state index contributed by atoms with van der Waals surface area (Å²) in [5.74, 6) is 1.32. The highest BCUT2D eigenvalue weighted by molar-refractivity contribution is 5.69. The summed E-state index contributed by atoms with van der Waals surface area (Å²) in [6.07, 6.45) is 5.48. The molecule has 1 aliphatic carbocycles. The lowest BCUT2D eigenvalue weighted by atomic mass is 10.0. The highest BCUT2D eigenvalue weighted by atomic mass is 15.5. The second kappa shape index (κ2) is 11.3. The van der Waals surface area contributed by atoms with Crippen LogP contribution in [-0.4, -0.2) is 87.1 Å². The van der Waals surface area contributed by atoms with E-state index in [9.17, 15) is 0 Å². The van der Waals surface area contributed by atoms with Gasteiger partial charge in [-0.3, -0.25) is 4.90 Å². The number of hydrogen-bond acceptors (Lipinski definition) is 9. The van der Waals surface area contributed by atoms with Gasteiger partial charge in [-0.2, -0.15) is 9.67 Å². The Morgan fingerprint density at radius 1 is 0.881 bits per heavy atom. The van der Waals surface area contributed by atoms with E-state index in [4.69, 9.17) is 5.73 Å². The van der Waals surface area contributed by atoms with Gasteiger partial charge in [0.2, 0.25) is 11.9 Å². The van der Waals surface area contributed by atoms with Crippen molar-refractivity contribution in [3.63, 3.8) is 0 Å². The zero-order chi connectivity index (χ0) is 28.6. The molecule has 42 heavy (non-hydrogen) atoms. The third-order valence-corrected chi connectivity index (χ3v) is 9.18. The van der Waals surface area contributed by atoms with Crippen LogP contribution in [0.4, 0.5) is 23.3 Å². The summed E-state index contributed by atoms with van der Waals surface area (Å²) in [7, 11) is 2.22. The van der Waals surface area contributed by atoms with Gasteiger partial charge in [0.1, 0.15) is 0 Å². The van der Waals surface area contributed by atoms with Crippen LogP contribution in [-0.2, 0) is 12.8 Å². The van der Waals surface area contributed by atoms with Crippen LogP contribution in [0.15, 0.2) is 48.5 Å². The van der Waals surface area contributed by atoms with E-state index < -0.39 is 0 Å². The molecule has 2 fully saturated rings. The van der Waals surface area contributed by atoms with Gasteiger partial charge in [0, 0.05) is 62.2 Å². The summed E-state index contributed by atoms with van der Waals surface area (Å²) in [6.45, 7) is 9.12. The average molecular weight is 565 g/mol. The van der Waals surface area contributed by atoms with Crippen LogP contribution in [0.5, 0.6) is 0 Å². The predicted molar refractivity (Wildman–Crippen MR) is 168 cm³/mol. The quantitative estimate of drug-likeness (QED) is 0.371. The van der Waals surface area contributed by atoms with Crippen molar-refractivity contribution in [2.75, 3.05) is 62.3 Å². The molecule has 2 saturated heterocycles. The van der Waals surface area contributed by atoms with Gasteiger partial charge in [0.25, 0.3) is 0 Å². The van der Waals surface area contributed by atoms with Crippen LogP contribution in [0.1, 0.15) is 36.0 Å².